The SMILES string of the molecule is COc1ccc(-c2c/c(=N/O)c3c(C)cc(C)cc3o2)cc1OC. The van der Waals surface area contributed by atoms with E-state index in [0.717, 1.165) is 22.1 Å². The van der Waals surface area contributed by atoms with E-state index in [1.54, 1.807) is 20.3 Å². The number of hydrogen-bond donors (Lipinski definition) is 1. The fourth-order valence-electron chi connectivity index (χ4n) is 2.89. The van der Waals surface area contributed by atoms with Crippen LogP contribution < -0.4 is 14.8 Å². The van der Waals surface area contributed by atoms with Gasteiger partial charge < -0.3 is 19.1 Å². The molecule has 5 heteroatoms. The van der Waals surface area contributed by atoms with Gasteiger partial charge >= 0.3 is 0 Å². The van der Waals surface area contributed by atoms with Crippen LogP contribution >= 0.6 is 0 Å². The van der Waals surface area contributed by atoms with E-state index in [0.29, 0.717) is 28.2 Å². The van der Waals surface area contributed by atoms with Crippen molar-refractivity contribution >= 4 is 11.0 Å². The van der Waals surface area contributed by atoms with E-state index in [1.807, 2.05) is 44.2 Å². The van der Waals surface area contributed by atoms with Crippen LogP contribution in [-0.2, 0) is 0 Å². The average Bonchev–Trinajstić information content (AvgIpc) is 2.59. The standard InChI is InChI=1S/C19H19NO4/c1-11-7-12(2)19-14(20-21)10-16(24-18(19)8-11)13-5-6-15(22-3)17(9-13)23-4/h5-10,21H,1-4H3/b20-14-. The number of methoxy groups -OCH3 is 2. The number of nitrogens with zero attached hydrogens (tertiary/aromatic N) is 1. The molecule has 3 rings (SSSR count). The van der Waals surface area contributed by atoms with Crippen LogP contribution in [0.1, 0.15) is 11.1 Å². The molecule has 0 radical (unpaired) electrons. The maximum atomic E-state index is 9.42. The van der Waals surface area contributed by atoms with Gasteiger partial charge in [-0.3, -0.25) is 0 Å². The number of ether oxygens (including phenoxy) is 2. The molecule has 0 saturated carbocycles. The van der Waals surface area contributed by atoms with Gasteiger partial charge in [0.25, 0.3) is 0 Å². The lowest BCUT2D eigenvalue weighted by Crippen LogP contribution is -2.05. The van der Waals surface area contributed by atoms with Gasteiger partial charge in [0.15, 0.2) is 11.5 Å². The average molecular weight is 325 g/mol. The molecule has 0 spiro atoms. The van der Waals surface area contributed by atoms with Crippen LogP contribution in [0.15, 0.2) is 46.0 Å². The summed E-state index contributed by atoms with van der Waals surface area (Å²) in [5, 5.41) is 14.1. The highest BCUT2D eigenvalue weighted by Crippen LogP contribution is 2.33. The second-order valence-corrected chi connectivity index (χ2v) is 5.62. The summed E-state index contributed by atoms with van der Waals surface area (Å²) in [7, 11) is 3.17. The molecule has 24 heavy (non-hydrogen) atoms. The second kappa shape index (κ2) is 6.28. The van der Waals surface area contributed by atoms with E-state index in [1.165, 1.54) is 0 Å². The smallest absolute Gasteiger partial charge is 0.161 e. The molecule has 0 fully saturated rings. The molecule has 0 unspecified atom stereocenters. The van der Waals surface area contributed by atoms with Gasteiger partial charge in [0.2, 0.25) is 0 Å². The lowest BCUT2D eigenvalue weighted by atomic mass is 10.0. The van der Waals surface area contributed by atoms with Crippen molar-refractivity contribution in [3.8, 4) is 22.8 Å². The van der Waals surface area contributed by atoms with Crippen molar-refractivity contribution in [3.05, 3.63) is 52.9 Å². The minimum atomic E-state index is 0.471. The number of fused-ring (bicyclic) bond motifs is 1. The quantitative estimate of drug-likeness (QED) is 0.583. The highest BCUT2D eigenvalue weighted by molar-refractivity contribution is 5.82. The highest BCUT2D eigenvalue weighted by Gasteiger charge is 2.12. The Kier molecular flexibility index (Phi) is 4.16. The van der Waals surface area contributed by atoms with Crippen LogP contribution in [0.25, 0.3) is 22.3 Å². The third-order valence-corrected chi connectivity index (χ3v) is 3.96. The largest absolute Gasteiger partial charge is 0.493 e. The Morgan fingerprint density at radius 2 is 1.71 bits per heavy atom. The molecular weight excluding hydrogens is 306 g/mol. The van der Waals surface area contributed by atoms with Gasteiger partial charge in [0, 0.05) is 17.0 Å². The minimum Gasteiger partial charge on any atom is -0.493 e. The van der Waals surface area contributed by atoms with Gasteiger partial charge in [-0.2, -0.15) is 0 Å². The van der Waals surface area contributed by atoms with Crippen molar-refractivity contribution in [2.75, 3.05) is 14.2 Å². The molecule has 2 aromatic carbocycles. The van der Waals surface area contributed by atoms with E-state index >= 15 is 0 Å². The number of rotatable bonds is 3. The topological polar surface area (TPSA) is 64.2 Å². The van der Waals surface area contributed by atoms with Crippen LogP contribution in [0, 0.1) is 13.8 Å². The molecule has 0 atom stereocenters. The summed E-state index contributed by atoms with van der Waals surface area (Å²) >= 11 is 0. The zero-order valence-corrected chi connectivity index (χ0v) is 14.1. The maximum absolute atomic E-state index is 9.42. The second-order valence-electron chi connectivity index (χ2n) is 5.62. The third kappa shape index (κ3) is 2.69. The first-order valence-corrected chi connectivity index (χ1v) is 7.53. The fourth-order valence-corrected chi connectivity index (χ4v) is 2.89. The normalized spacial score (nSPS) is 11.8. The van der Waals surface area contributed by atoms with E-state index in [4.69, 9.17) is 13.9 Å². The summed E-state index contributed by atoms with van der Waals surface area (Å²) in [6.07, 6.45) is 0. The lowest BCUT2D eigenvalue weighted by molar-refractivity contribution is 0.302. The molecule has 0 amide bonds. The zero-order valence-electron chi connectivity index (χ0n) is 14.1. The van der Waals surface area contributed by atoms with Crippen LogP contribution in [0.5, 0.6) is 11.5 Å². The van der Waals surface area contributed by atoms with Gasteiger partial charge in [0.05, 0.1) is 14.2 Å². The molecule has 3 aromatic rings. The Hall–Kier alpha value is -2.95. The van der Waals surface area contributed by atoms with Gasteiger partial charge in [-0.15, -0.1) is 0 Å². The first-order chi connectivity index (χ1) is 11.6. The van der Waals surface area contributed by atoms with Gasteiger partial charge in [0.1, 0.15) is 16.7 Å². The molecule has 0 bridgehead atoms. The molecule has 0 aliphatic heterocycles. The lowest BCUT2D eigenvalue weighted by Gasteiger charge is -2.11. The molecule has 0 aliphatic carbocycles. The summed E-state index contributed by atoms with van der Waals surface area (Å²) in [5.74, 6) is 1.83. The number of hydrogen-bond acceptors (Lipinski definition) is 5. The van der Waals surface area contributed by atoms with Crippen molar-refractivity contribution in [1.82, 2.24) is 0 Å². The third-order valence-electron chi connectivity index (χ3n) is 3.96. The summed E-state index contributed by atoms with van der Waals surface area (Å²) in [5.41, 5.74) is 3.56. The summed E-state index contributed by atoms with van der Waals surface area (Å²) < 4.78 is 16.7. The van der Waals surface area contributed by atoms with E-state index in [9.17, 15) is 5.21 Å². The van der Waals surface area contributed by atoms with Gasteiger partial charge in [-0.05, 0) is 49.2 Å². The summed E-state index contributed by atoms with van der Waals surface area (Å²) in [6, 6.07) is 11.2. The molecule has 1 aromatic heterocycles. The molecular formula is C19H19NO4. The monoisotopic (exact) mass is 325 g/mol. The maximum Gasteiger partial charge on any atom is 0.161 e. The Morgan fingerprint density at radius 3 is 2.38 bits per heavy atom. The van der Waals surface area contributed by atoms with Crippen LogP contribution in [0.2, 0.25) is 0 Å². The van der Waals surface area contributed by atoms with Crippen molar-refractivity contribution < 1.29 is 19.1 Å². The zero-order chi connectivity index (χ0) is 17.3. The van der Waals surface area contributed by atoms with E-state index < -0.39 is 0 Å². The van der Waals surface area contributed by atoms with Crippen molar-refractivity contribution in [2.45, 2.75) is 13.8 Å². The Bertz CT molecular complexity index is 973. The Morgan fingerprint density at radius 1 is 0.958 bits per heavy atom. The first kappa shape index (κ1) is 15.9. The van der Waals surface area contributed by atoms with Crippen molar-refractivity contribution in [3.63, 3.8) is 0 Å². The Labute approximate surface area is 139 Å². The molecule has 1 heterocycles. The number of aryl methyl sites for hydroxylation is 2. The van der Waals surface area contributed by atoms with Gasteiger partial charge in [-0.1, -0.05) is 11.2 Å². The van der Waals surface area contributed by atoms with E-state index in [2.05, 4.69) is 5.16 Å². The summed E-state index contributed by atoms with van der Waals surface area (Å²) in [6.45, 7) is 3.97. The molecule has 5 nitrogen and oxygen atoms in total. The predicted octanol–water partition coefficient (Wildman–Crippen LogP) is 4.02. The number of benzene rings is 2. The molecule has 1 N–H and O–H groups in total. The van der Waals surface area contributed by atoms with Crippen LogP contribution in [0.4, 0.5) is 0 Å². The summed E-state index contributed by atoms with van der Waals surface area (Å²) in [4.78, 5) is 0. The molecule has 124 valence electrons. The molecule has 0 aliphatic rings. The van der Waals surface area contributed by atoms with Crippen LogP contribution in [-0.4, -0.2) is 19.4 Å². The van der Waals surface area contributed by atoms with Crippen LogP contribution in [0.3, 0.4) is 0 Å². The van der Waals surface area contributed by atoms with E-state index in [-0.39, 0.29) is 0 Å². The first-order valence-electron chi connectivity index (χ1n) is 7.53. The van der Waals surface area contributed by atoms with Gasteiger partial charge in [-0.25, -0.2) is 0 Å². The fraction of sp³-hybridized carbons (Fsp3) is 0.211. The highest BCUT2D eigenvalue weighted by atomic mass is 16.5. The molecule has 0 saturated heterocycles. The Balaban J connectivity index is 2.28. The van der Waals surface area contributed by atoms with Crippen molar-refractivity contribution in [1.29, 1.82) is 0 Å². The minimum absolute atomic E-state index is 0.471. The predicted molar refractivity (Wildman–Crippen MR) is 91.6 cm³/mol. The van der Waals surface area contributed by atoms with Crippen molar-refractivity contribution in [2.24, 2.45) is 5.16 Å².